The molecule has 0 fully saturated rings. The molecular formula is C11H6F3N5. The van der Waals surface area contributed by atoms with Crippen LogP contribution in [0.1, 0.15) is 5.56 Å². The Balaban J connectivity index is 2.84. The van der Waals surface area contributed by atoms with Gasteiger partial charge in [-0.2, -0.15) is 10.2 Å². The highest BCUT2D eigenvalue weighted by Gasteiger charge is 2.21. The van der Waals surface area contributed by atoms with Crippen molar-refractivity contribution in [3.63, 3.8) is 0 Å². The second-order valence-electron chi connectivity index (χ2n) is 3.55. The molecule has 0 amide bonds. The largest absolute Gasteiger partial charge is 0.382 e. The molecule has 0 aliphatic heterocycles. The molecule has 1 aromatic heterocycles. The van der Waals surface area contributed by atoms with Crippen LogP contribution in [0.2, 0.25) is 0 Å². The second kappa shape index (κ2) is 4.45. The number of nitriles is 1. The number of benzene rings is 1. The summed E-state index contributed by atoms with van der Waals surface area (Å²) in [5, 5.41) is 8.92. The fraction of sp³-hybridized carbons (Fsp3) is 0. The molecule has 0 radical (unpaired) electrons. The van der Waals surface area contributed by atoms with Gasteiger partial charge >= 0.3 is 0 Å². The van der Waals surface area contributed by atoms with E-state index in [0.29, 0.717) is 12.1 Å². The minimum absolute atomic E-state index is 0.312. The van der Waals surface area contributed by atoms with E-state index in [2.05, 4.69) is 9.97 Å². The standard InChI is InChI=1S/C11H6F3N5/c12-4-1-6(13)8(7(14)2-4)9-5(3-15)10(16)19-11(17)18-9/h1-2H,(H4,16,17,18,19). The van der Waals surface area contributed by atoms with Crippen molar-refractivity contribution in [3.05, 3.63) is 35.1 Å². The molecule has 8 heteroatoms. The fourth-order valence-corrected chi connectivity index (χ4v) is 1.56. The smallest absolute Gasteiger partial charge is 0.222 e. The van der Waals surface area contributed by atoms with E-state index in [1.54, 1.807) is 6.07 Å². The molecule has 2 aromatic rings. The van der Waals surface area contributed by atoms with Gasteiger partial charge in [-0.25, -0.2) is 18.2 Å². The van der Waals surface area contributed by atoms with Crippen LogP contribution >= 0.6 is 0 Å². The molecule has 19 heavy (non-hydrogen) atoms. The Morgan fingerprint density at radius 3 is 2.16 bits per heavy atom. The maximum Gasteiger partial charge on any atom is 0.222 e. The summed E-state index contributed by atoms with van der Waals surface area (Å²) in [5.41, 5.74) is 9.32. The van der Waals surface area contributed by atoms with E-state index in [9.17, 15) is 13.2 Å². The van der Waals surface area contributed by atoms with Gasteiger partial charge in [0.2, 0.25) is 5.95 Å². The number of nitrogens with two attached hydrogens (primary N) is 2. The van der Waals surface area contributed by atoms with Crippen molar-refractivity contribution in [1.29, 1.82) is 5.26 Å². The van der Waals surface area contributed by atoms with Crippen LogP contribution in [0.3, 0.4) is 0 Å². The fourth-order valence-electron chi connectivity index (χ4n) is 1.56. The van der Waals surface area contributed by atoms with E-state index in [4.69, 9.17) is 16.7 Å². The molecule has 1 aromatic carbocycles. The van der Waals surface area contributed by atoms with Crippen LogP contribution in [-0.4, -0.2) is 9.97 Å². The Morgan fingerprint density at radius 2 is 1.63 bits per heavy atom. The van der Waals surface area contributed by atoms with Gasteiger partial charge in [0.15, 0.2) is 0 Å². The first kappa shape index (κ1) is 12.6. The topological polar surface area (TPSA) is 102 Å². The van der Waals surface area contributed by atoms with E-state index >= 15 is 0 Å². The average molecular weight is 265 g/mol. The molecule has 0 atom stereocenters. The summed E-state index contributed by atoms with van der Waals surface area (Å²) in [5.74, 6) is -4.19. The van der Waals surface area contributed by atoms with Crippen molar-refractivity contribution in [2.75, 3.05) is 11.5 Å². The third-order valence-electron chi connectivity index (χ3n) is 2.31. The first-order valence-corrected chi connectivity index (χ1v) is 4.92. The molecule has 0 bridgehead atoms. The maximum atomic E-state index is 13.6. The third kappa shape index (κ3) is 2.13. The summed E-state index contributed by atoms with van der Waals surface area (Å²) in [7, 11) is 0. The Labute approximate surface area is 105 Å². The molecule has 1 heterocycles. The highest BCUT2D eigenvalue weighted by Crippen LogP contribution is 2.30. The molecule has 0 aliphatic carbocycles. The zero-order valence-electron chi connectivity index (χ0n) is 9.28. The molecule has 5 nitrogen and oxygen atoms in total. The van der Waals surface area contributed by atoms with Crippen molar-refractivity contribution < 1.29 is 13.2 Å². The van der Waals surface area contributed by atoms with Crippen molar-refractivity contribution in [2.45, 2.75) is 0 Å². The first-order valence-electron chi connectivity index (χ1n) is 4.92. The molecule has 0 saturated heterocycles. The summed E-state index contributed by atoms with van der Waals surface area (Å²) in [6, 6.07) is 2.56. The van der Waals surface area contributed by atoms with E-state index in [1.807, 2.05) is 0 Å². The van der Waals surface area contributed by atoms with E-state index in [1.165, 1.54) is 0 Å². The lowest BCUT2D eigenvalue weighted by Crippen LogP contribution is -2.06. The van der Waals surface area contributed by atoms with Gasteiger partial charge in [-0.15, -0.1) is 0 Å². The summed E-state index contributed by atoms with van der Waals surface area (Å²) in [6.45, 7) is 0. The number of rotatable bonds is 1. The van der Waals surface area contributed by atoms with E-state index < -0.39 is 28.7 Å². The molecular weight excluding hydrogens is 259 g/mol. The lowest BCUT2D eigenvalue weighted by molar-refractivity contribution is 0.547. The van der Waals surface area contributed by atoms with Crippen molar-refractivity contribution >= 4 is 11.8 Å². The van der Waals surface area contributed by atoms with Crippen LogP contribution in [0.25, 0.3) is 11.3 Å². The lowest BCUT2D eigenvalue weighted by atomic mass is 10.1. The average Bonchev–Trinajstić information content (AvgIpc) is 2.26. The van der Waals surface area contributed by atoms with Crippen molar-refractivity contribution in [2.24, 2.45) is 0 Å². The third-order valence-corrected chi connectivity index (χ3v) is 2.31. The molecule has 4 N–H and O–H groups in total. The van der Waals surface area contributed by atoms with Gasteiger partial charge in [-0.3, -0.25) is 0 Å². The van der Waals surface area contributed by atoms with Crippen molar-refractivity contribution in [1.82, 2.24) is 9.97 Å². The van der Waals surface area contributed by atoms with Gasteiger partial charge in [0, 0.05) is 12.1 Å². The number of nitrogens with zero attached hydrogens (tertiary/aromatic N) is 3. The quantitative estimate of drug-likeness (QED) is 0.815. The van der Waals surface area contributed by atoms with E-state index in [-0.39, 0.29) is 17.3 Å². The van der Waals surface area contributed by atoms with Crippen LogP contribution in [-0.2, 0) is 0 Å². The van der Waals surface area contributed by atoms with Gasteiger partial charge in [-0.05, 0) is 0 Å². The van der Waals surface area contributed by atoms with Gasteiger partial charge in [0.1, 0.15) is 40.6 Å². The Morgan fingerprint density at radius 1 is 1.05 bits per heavy atom. The normalized spacial score (nSPS) is 10.2. The predicted molar refractivity (Wildman–Crippen MR) is 60.9 cm³/mol. The minimum atomic E-state index is -1.22. The minimum Gasteiger partial charge on any atom is -0.382 e. The molecule has 96 valence electrons. The van der Waals surface area contributed by atoms with Crippen LogP contribution in [0.4, 0.5) is 24.9 Å². The Hall–Kier alpha value is -2.82. The highest BCUT2D eigenvalue weighted by atomic mass is 19.1. The maximum absolute atomic E-state index is 13.6. The summed E-state index contributed by atoms with van der Waals surface area (Å²) in [4.78, 5) is 7.10. The molecule has 0 saturated carbocycles. The van der Waals surface area contributed by atoms with Crippen LogP contribution in [0.5, 0.6) is 0 Å². The van der Waals surface area contributed by atoms with Gasteiger partial charge < -0.3 is 11.5 Å². The Bertz CT molecular complexity index is 685. The SMILES string of the molecule is N#Cc1c(N)nc(N)nc1-c1c(F)cc(F)cc1F. The summed E-state index contributed by atoms with van der Waals surface area (Å²) in [6.07, 6.45) is 0. The Kier molecular flexibility index (Phi) is 2.96. The zero-order chi connectivity index (χ0) is 14.2. The first-order chi connectivity index (χ1) is 8.93. The summed E-state index contributed by atoms with van der Waals surface area (Å²) >= 11 is 0. The number of nitrogen functional groups attached to an aromatic ring is 2. The molecule has 0 spiro atoms. The van der Waals surface area contributed by atoms with E-state index in [0.717, 1.165) is 0 Å². The predicted octanol–water partition coefficient (Wildman–Crippen LogP) is 1.60. The molecule has 0 unspecified atom stereocenters. The number of hydrogen-bond acceptors (Lipinski definition) is 5. The van der Waals surface area contributed by atoms with Crippen molar-refractivity contribution in [3.8, 4) is 17.3 Å². The molecule has 2 rings (SSSR count). The number of halogens is 3. The number of anilines is 2. The number of hydrogen-bond donors (Lipinski definition) is 2. The lowest BCUT2D eigenvalue weighted by Gasteiger charge is -2.08. The molecule has 0 aliphatic rings. The highest BCUT2D eigenvalue weighted by molar-refractivity contribution is 5.73. The van der Waals surface area contributed by atoms with Crippen LogP contribution in [0, 0.1) is 28.8 Å². The monoisotopic (exact) mass is 265 g/mol. The summed E-state index contributed by atoms with van der Waals surface area (Å²) < 4.78 is 40.1. The van der Waals surface area contributed by atoms with Gasteiger partial charge in [0.25, 0.3) is 0 Å². The van der Waals surface area contributed by atoms with Crippen LogP contribution in [0.15, 0.2) is 12.1 Å². The second-order valence-corrected chi connectivity index (χ2v) is 3.55. The zero-order valence-corrected chi connectivity index (χ0v) is 9.28. The van der Waals surface area contributed by atoms with Crippen LogP contribution < -0.4 is 11.5 Å². The number of aromatic nitrogens is 2. The van der Waals surface area contributed by atoms with Gasteiger partial charge in [-0.1, -0.05) is 0 Å². The van der Waals surface area contributed by atoms with Gasteiger partial charge in [0.05, 0.1) is 5.56 Å².